The average molecular weight is 331 g/mol. The number of halogens is 2. The largest absolute Gasteiger partial charge is 0.312 e. The van der Waals surface area contributed by atoms with E-state index in [1.54, 1.807) is 11.3 Å². The van der Waals surface area contributed by atoms with Gasteiger partial charge in [0, 0.05) is 11.0 Å². The van der Waals surface area contributed by atoms with Gasteiger partial charge in [0.2, 0.25) is 0 Å². The molecule has 0 unspecified atom stereocenters. The summed E-state index contributed by atoms with van der Waals surface area (Å²) >= 11 is 11.2. The van der Waals surface area contributed by atoms with Gasteiger partial charge < -0.3 is 5.32 Å². The van der Waals surface area contributed by atoms with Crippen LogP contribution in [0.4, 0.5) is 0 Å². The number of hydrogen-bond donors (Lipinski definition) is 1. The zero-order valence-electron chi connectivity index (χ0n) is 9.25. The highest BCUT2D eigenvalue weighted by Gasteiger charge is 1.99. The fourth-order valence-corrected chi connectivity index (χ4v) is 2.70. The zero-order chi connectivity index (χ0) is 12.1. The summed E-state index contributed by atoms with van der Waals surface area (Å²) in [4.78, 5) is 0. The first-order chi connectivity index (χ1) is 8.25. The number of benzene rings is 1. The molecule has 0 saturated carbocycles. The molecule has 0 bridgehead atoms. The molecule has 0 spiro atoms. The monoisotopic (exact) mass is 329 g/mol. The number of rotatable bonds is 5. The van der Waals surface area contributed by atoms with E-state index in [4.69, 9.17) is 11.6 Å². The average Bonchev–Trinajstić information content (AvgIpc) is 2.82. The third kappa shape index (κ3) is 4.11. The molecule has 1 nitrogen and oxygen atoms in total. The Balaban J connectivity index is 1.76. The van der Waals surface area contributed by atoms with Gasteiger partial charge in [0.15, 0.2) is 0 Å². The topological polar surface area (TPSA) is 12.0 Å². The smallest absolute Gasteiger partial charge is 0.0551 e. The molecular weight excluding hydrogens is 318 g/mol. The molecule has 1 N–H and O–H groups in total. The molecule has 0 amide bonds. The van der Waals surface area contributed by atoms with Gasteiger partial charge in [0.25, 0.3) is 0 Å². The van der Waals surface area contributed by atoms with Crippen molar-refractivity contribution in [3.05, 3.63) is 55.6 Å². The van der Waals surface area contributed by atoms with Gasteiger partial charge in [-0.25, -0.2) is 0 Å². The van der Waals surface area contributed by atoms with Crippen molar-refractivity contribution in [2.45, 2.75) is 13.0 Å². The summed E-state index contributed by atoms with van der Waals surface area (Å²) in [5.41, 5.74) is 2.61. The highest BCUT2D eigenvalue weighted by molar-refractivity contribution is 9.10. The van der Waals surface area contributed by atoms with Gasteiger partial charge in [-0.05, 0) is 69.0 Å². The maximum atomic E-state index is 6.03. The van der Waals surface area contributed by atoms with Crippen LogP contribution in [-0.4, -0.2) is 6.54 Å². The van der Waals surface area contributed by atoms with Crippen molar-refractivity contribution in [1.82, 2.24) is 5.32 Å². The molecule has 17 heavy (non-hydrogen) atoms. The van der Waals surface area contributed by atoms with Crippen LogP contribution in [0.3, 0.4) is 0 Å². The summed E-state index contributed by atoms with van der Waals surface area (Å²) in [5.74, 6) is 0. The Kier molecular flexibility index (Phi) is 5.04. The van der Waals surface area contributed by atoms with Gasteiger partial charge >= 0.3 is 0 Å². The molecule has 0 fully saturated rings. The predicted octanol–water partition coefficient (Wildman–Crippen LogP) is 4.50. The molecule has 0 atom stereocenters. The second-order valence-corrected chi connectivity index (χ2v) is 5.85. The molecule has 0 aliphatic carbocycles. The van der Waals surface area contributed by atoms with E-state index >= 15 is 0 Å². The molecule has 1 heterocycles. The Morgan fingerprint density at radius 1 is 1.24 bits per heavy atom. The molecule has 0 radical (unpaired) electrons. The SMILES string of the molecule is Clc1cc(CNCCc2ccsc2)ccc1Br. The van der Waals surface area contributed by atoms with Gasteiger partial charge in [-0.2, -0.15) is 11.3 Å². The number of thiophene rings is 1. The van der Waals surface area contributed by atoms with E-state index in [-0.39, 0.29) is 0 Å². The van der Waals surface area contributed by atoms with Crippen LogP contribution in [0.2, 0.25) is 5.02 Å². The second kappa shape index (κ2) is 6.55. The van der Waals surface area contributed by atoms with Crippen molar-refractivity contribution in [3.63, 3.8) is 0 Å². The fourth-order valence-electron chi connectivity index (χ4n) is 1.55. The molecule has 2 aromatic rings. The second-order valence-electron chi connectivity index (χ2n) is 3.81. The highest BCUT2D eigenvalue weighted by Crippen LogP contribution is 2.23. The lowest BCUT2D eigenvalue weighted by Gasteiger charge is -2.05. The van der Waals surface area contributed by atoms with Gasteiger partial charge in [-0.3, -0.25) is 0 Å². The van der Waals surface area contributed by atoms with Gasteiger partial charge in [0.05, 0.1) is 5.02 Å². The third-order valence-electron chi connectivity index (χ3n) is 2.48. The predicted molar refractivity (Wildman–Crippen MR) is 78.9 cm³/mol. The van der Waals surface area contributed by atoms with Crippen LogP contribution in [0.5, 0.6) is 0 Å². The lowest BCUT2D eigenvalue weighted by Crippen LogP contribution is -2.16. The van der Waals surface area contributed by atoms with Gasteiger partial charge in [-0.1, -0.05) is 17.7 Å². The van der Waals surface area contributed by atoms with Crippen LogP contribution in [-0.2, 0) is 13.0 Å². The van der Waals surface area contributed by atoms with Crippen molar-refractivity contribution in [3.8, 4) is 0 Å². The maximum absolute atomic E-state index is 6.03. The van der Waals surface area contributed by atoms with E-state index in [0.717, 1.165) is 29.0 Å². The Morgan fingerprint density at radius 2 is 2.12 bits per heavy atom. The molecule has 4 heteroatoms. The number of nitrogens with one attached hydrogen (secondary N) is 1. The van der Waals surface area contributed by atoms with E-state index in [1.807, 2.05) is 12.1 Å². The first-order valence-corrected chi connectivity index (χ1v) is 7.53. The molecule has 0 aliphatic heterocycles. The highest BCUT2D eigenvalue weighted by atomic mass is 79.9. The maximum Gasteiger partial charge on any atom is 0.0551 e. The normalized spacial score (nSPS) is 10.7. The summed E-state index contributed by atoms with van der Waals surface area (Å²) in [6.07, 6.45) is 1.08. The summed E-state index contributed by atoms with van der Waals surface area (Å²) < 4.78 is 0.946. The summed E-state index contributed by atoms with van der Waals surface area (Å²) in [6.45, 7) is 1.85. The van der Waals surface area contributed by atoms with Crippen LogP contribution in [0.1, 0.15) is 11.1 Å². The van der Waals surface area contributed by atoms with Gasteiger partial charge in [0.1, 0.15) is 0 Å². The quantitative estimate of drug-likeness (QED) is 0.796. The molecule has 1 aromatic carbocycles. The molecule has 0 aliphatic rings. The zero-order valence-corrected chi connectivity index (χ0v) is 12.4. The molecule has 90 valence electrons. The fraction of sp³-hybridized carbons (Fsp3) is 0.231. The Labute approximate surface area is 119 Å². The minimum atomic E-state index is 0.766. The van der Waals surface area contributed by atoms with Crippen molar-refractivity contribution in [1.29, 1.82) is 0 Å². The standard InChI is InChI=1S/C13H13BrClNS/c14-12-2-1-11(7-13(12)15)8-16-5-3-10-4-6-17-9-10/h1-2,4,6-7,9,16H,3,5,8H2. The lowest BCUT2D eigenvalue weighted by molar-refractivity contribution is 0.687. The van der Waals surface area contributed by atoms with E-state index in [9.17, 15) is 0 Å². The van der Waals surface area contributed by atoms with Crippen LogP contribution in [0.15, 0.2) is 39.5 Å². The molecule has 0 saturated heterocycles. The van der Waals surface area contributed by atoms with Crippen molar-refractivity contribution in [2.24, 2.45) is 0 Å². The van der Waals surface area contributed by atoms with Crippen molar-refractivity contribution in [2.75, 3.05) is 6.54 Å². The molecular formula is C13H13BrClNS. The van der Waals surface area contributed by atoms with E-state index < -0.39 is 0 Å². The molecule has 1 aromatic heterocycles. The Bertz CT molecular complexity index is 470. The first kappa shape index (κ1) is 13.1. The lowest BCUT2D eigenvalue weighted by atomic mass is 10.2. The van der Waals surface area contributed by atoms with Crippen LogP contribution in [0, 0.1) is 0 Å². The van der Waals surface area contributed by atoms with E-state index in [2.05, 4.69) is 44.1 Å². The van der Waals surface area contributed by atoms with Crippen LogP contribution < -0.4 is 5.32 Å². The van der Waals surface area contributed by atoms with Crippen LogP contribution >= 0.6 is 38.9 Å². The minimum Gasteiger partial charge on any atom is -0.312 e. The minimum absolute atomic E-state index is 0.766. The van der Waals surface area contributed by atoms with Crippen LogP contribution in [0.25, 0.3) is 0 Å². The number of hydrogen-bond acceptors (Lipinski definition) is 2. The third-order valence-corrected chi connectivity index (χ3v) is 4.45. The van der Waals surface area contributed by atoms with E-state index in [1.165, 1.54) is 11.1 Å². The van der Waals surface area contributed by atoms with Crippen molar-refractivity contribution < 1.29 is 0 Å². The summed E-state index contributed by atoms with van der Waals surface area (Å²) in [5, 5.41) is 8.49. The Hall–Kier alpha value is -0.350. The molecule has 2 rings (SSSR count). The Morgan fingerprint density at radius 3 is 2.82 bits per heavy atom. The van der Waals surface area contributed by atoms with Gasteiger partial charge in [-0.15, -0.1) is 0 Å². The first-order valence-electron chi connectivity index (χ1n) is 5.41. The van der Waals surface area contributed by atoms with E-state index in [0.29, 0.717) is 0 Å². The summed E-state index contributed by atoms with van der Waals surface area (Å²) in [6, 6.07) is 8.22. The van der Waals surface area contributed by atoms with Crippen molar-refractivity contribution >= 4 is 38.9 Å². The summed E-state index contributed by atoms with van der Waals surface area (Å²) in [7, 11) is 0.